The summed E-state index contributed by atoms with van der Waals surface area (Å²) in [6.45, 7) is 4.52. The summed E-state index contributed by atoms with van der Waals surface area (Å²) in [6.07, 6.45) is -3.16. The first-order valence-corrected chi connectivity index (χ1v) is 5.29. The van der Waals surface area contributed by atoms with Gasteiger partial charge in [-0.2, -0.15) is 13.2 Å². The van der Waals surface area contributed by atoms with E-state index in [0.717, 1.165) is 6.07 Å². The van der Waals surface area contributed by atoms with Crippen LogP contribution in [0.5, 0.6) is 5.88 Å². The first-order chi connectivity index (χ1) is 7.91. The van der Waals surface area contributed by atoms with Crippen LogP contribution in [0.4, 0.5) is 13.2 Å². The van der Waals surface area contributed by atoms with Gasteiger partial charge in [-0.25, -0.2) is 4.98 Å². The highest BCUT2D eigenvalue weighted by Gasteiger charge is 2.34. The fraction of sp³-hybridized carbons (Fsp3) is 0.545. The van der Waals surface area contributed by atoms with Gasteiger partial charge >= 0.3 is 6.18 Å². The molecule has 1 N–H and O–H groups in total. The van der Waals surface area contributed by atoms with E-state index in [0.29, 0.717) is 6.54 Å². The Labute approximate surface area is 98.0 Å². The molecule has 0 saturated carbocycles. The molecule has 1 rings (SSSR count). The summed E-state index contributed by atoms with van der Waals surface area (Å²) >= 11 is 0. The lowest BCUT2D eigenvalue weighted by atomic mass is 10.2. The van der Waals surface area contributed by atoms with Crippen LogP contribution in [-0.2, 0) is 6.18 Å². The van der Waals surface area contributed by atoms with Gasteiger partial charge in [0, 0.05) is 18.8 Å². The summed E-state index contributed by atoms with van der Waals surface area (Å²) in [5.74, 6) is -0.370. The maximum absolute atomic E-state index is 12.6. The summed E-state index contributed by atoms with van der Waals surface area (Å²) < 4.78 is 42.7. The second kappa shape index (κ2) is 5.86. The van der Waals surface area contributed by atoms with Crippen LogP contribution >= 0.6 is 0 Å². The smallest absolute Gasteiger partial charge is 0.421 e. The Balaban J connectivity index is 2.59. The SMILES string of the molecule is CC(C)NCCOc1ncccc1C(F)(F)F. The van der Waals surface area contributed by atoms with Crippen LogP contribution in [0.3, 0.4) is 0 Å². The first-order valence-electron chi connectivity index (χ1n) is 5.29. The molecule has 3 nitrogen and oxygen atoms in total. The number of nitrogens with zero attached hydrogens (tertiary/aromatic N) is 1. The van der Waals surface area contributed by atoms with Gasteiger partial charge in [0.15, 0.2) is 0 Å². The van der Waals surface area contributed by atoms with Crippen LogP contribution < -0.4 is 10.1 Å². The number of rotatable bonds is 5. The van der Waals surface area contributed by atoms with Crippen molar-refractivity contribution >= 4 is 0 Å². The number of hydrogen-bond acceptors (Lipinski definition) is 3. The molecular formula is C11H15F3N2O. The molecule has 1 aromatic rings. The van der Waals surface area contributed by atoms with E-state index in [1.54, 1.807) is 0 Å². The van der Waals surface area contributed by atoms with Gasteiger partial charge < -0.3 is 10.1 Å². The molecule has 0 aromatic carbocycles. The molecule has 17 heavy (non-hydrogen) atoms. The Bertz CT molecular complexity index is 353. The summed E-state index contributed by atoms with van der Waals surface area (Å²) in [5, 5.41) is 3.04. The van der Waals surface area contributed by atoms with Crippen molar-refractivity contribution in [2.75, 3.05) is 13.2 Å². The molecule has 1 aromatic heterocycles. The quantitative estimate of drug-likeness (QED) is 0.813. The average Bonchev–Trinajstić information content (AvgIpc) is 2.23. The minimum atomic E-state index is -4.44. The molecule has 0 atom stereocenters. The fourth-order valence-electron chi connectivity index (χ4n) is 1.22. The molecule has 0 bridgehead atoms. The summed E-state index contributed by atoms with van der Waals surface area (Å²) in [5.41, 5.74) is -0.843. The largest absolute Gasteiger partial charge is 0.476 e. The van der Waals surface area contributed by atoms with Gasteiger partial charge in [0.05, 0.1) is 0 Å². The Hall–Kier alpha value is -1.30. The lowest BCUT2D eigenvalue weighted by Crippen LogP contribution is -2.28. The van der Waals surface area contributed by atoms with Gasteiger partial charge in [-0.3, -0.25) is 0 Å². The highest BCUT2D eigenvalue weighted by molar-refractivity contribution is 5.28. The predicted octanol–water partition coefficient (Wildman–Crippen LogP) is 2.48. The molecule has 1 heterocycles. The fourth-order valence-corrected chi connectivity index (χ4v) is 1.22. The van der Waals surface area contributed by atoms with Gasteiger partial charge in [-0.05, 0) is 12.1 Å². The molecule has 96 valence electrons. The van der Waals surface area contributed by atoms with Crippen LogP contribution in [0.2, 0.25) is 0 Å². The monoisotopic (exact) mass is 248 g/mol. The van der Waals surface area contributed by atoms with Crippen molar-refractivity contribution in [2.45, 2.75) is 26.1 Å². The predicted molar refractivity (Wildman–Crippen MR) is 57.9 cm³/mol. The van der Waals surface area contributed by atoms with Crippen molar-refractivity contribution in [2.24, 2.45) is 0 Å². The molecule has 0 unspecified atom stereocenters. The zero-order chi connectivity index (χ0) is 12.9. The topological polar surface area (TPSA) is 34.1 Å². The van der Waals surface area contributed by atoms with Gasteiger partial charge in [-0.15, -0.1) is 0 Å². The molecule has 0 radical (unpaired) electrons. The Morgan fingerprint density at radius 3 is 2.71 bits per heavy atom. The average molecular weight is 248 g/mol. The lowest BCUT2D eigenvalue weighted by Gasteiger charge is -2.13. The minimum Gasteiger partial charge on any atom is -0.476 e. The Morgan fingerprint density at radius 1 is 1.41 bits per heavy atom. The normalized spacial score (nSPS) is 11.9. The highest BCUT2D eigenvalue weighted by atomic mass is 19.4. The molecule has 0 saturated heterocycles. The minimum absolute atomic E-state index is 0.151. The lowest BCUT2D eigenvalue weighted by molar-refractivity contribution is -0.139. The zero-order valence-corrected chi connectivity index (χ0v) is 9.71. The molecule has 0 fully saturated rings. The van der Waals surface area contributed by atoms with E-state index in [9.17, 15) is 13.2 Å². The third-order valence-corrected chi connectivity index (χ3v) is 1.97. The second-order valence-corrected chi connectivity index (χ2v) is 3.81. The number of alkyl halides is 3. The second-order valence-electron chi connectivity index (χ2n) is 3.81. The molecule has 0 aliphatic rings. The number of pyridine rings is 1. The summed E-state index contributed by atoms with van der Waals surface area (Å²) in [4.78, 5) is 3.59. The molecule has 0 aliphatic heterocycles. The number of aromatic nitrogens is 1. The van der Waals surface area contributed by atoms with E-state index in [2.05, 4.69) is 10.3 Å². The number of nitrogens with one attached hydrogen (secondary N) is 1. The number of halogens is 3. The molecule has 0 aliphatic carbocycles. The maximum atomic E-state index is 12.6. The van der Waals surface area contributed by atoms with Gasteiger partial charge in [0.1, 0.15) is 12.2 Å². The van der Waals surface area contributed by atoms with Crippen molar-refractivity contribution in [1.82, 2.24) is 10.3 Å². The van der Waals surface area contributed by atoms with E-state index in [1.807, 2.05) is 13.8 Å². The van der Waals surface area contributed by atoms with Crippen molar-refractivity contribution in [1.29, 1.82) is 0 Å². The Kier molecular flexibility index (Phi) is 4.74. The highest BCUT2D eigenvalue weighted by Crippen LogP contribution is 2.34. The third-order valence-electron chi connectivity index (χ3n) is 1.97. The van der Waals surface area contributed by atoms with E-state index in [-0.39, 0.29) is 18.5 Å². The van der Waals surface area contributed by atoms with Gasteiger partial charge in [0.25, 0.3) is 0 Å². The standard InChI is InChI=1S/C11H15F3N2O/c1-8(2)15-6-7-17-10-9(11(12,13)14)4-3-5-16-10/h3-5,8,15H,6-7H2,1-2H3. The van der Waals surface area contributed by atoms with E-state index >= 15 is 0 Å². The Morgan fingerprint density at radius 2 is 2.12 bits per heavy atom. The summed E-state index contributed by atoms with van der Waals surface area (Å²) in [7, 11) is 0. The van der Waals surface area contributed by atoms with Crippen molar-refractivity contribution in [3.05, 3.63) is 23.9 Å². The van der Waals surface area contributed by atoms with Gasteiger partial charge in [-0.1, -0.05) is 13.8 Å². The molecule has 0 spiro atoms. The van der Waals surface area contributed by atoms with E-state index in [1.165, 1.54) is 12.3 Å². The zero-order valence-electron chi connectivity index (χ0n) is 9.71. The van der Waals surface area contributed by atoms with Crippen LogP contribution in [0.25, 0.3) is 0 Å². The summed E-state index contributed by atoms with van der Waals surface area (Å²) in [6, 6.07) is 2.46. The number of ether oxygens (including phenoxy) is 1. The molecule has 0 amide bonds. The van der Waals surface area contributed by atoms with Crippen LogP contribution in [0.1, 0.15) is 19.4 Å². The van der Waals surface area contributed by atoms with Crippen LogP contribution in [0, 0.1) is 0 Å². The van der Waals surface area contributed by atoms with E-state index in [4.69, 9.17) is 4.74 Å². The maximum Gasteiger partial charge on any atom is 0.421 e. The van der Waals surface area contributed by atoms with Gasteiger partial charge in [0.2, 0.25) is 5.88 Å². The first kappa shape index (κ1) is 13.8. The van der Waals surface area contributed by atoms with Crippen LogP contribution in [-0.4, -0.2) is 24.2 Å². The van der Waals surface area contributed by atoms with E-state index < -0.39 is 11.7 Å². The van der Waals surface area contributed by atoms with Crippen LogP contribution in [0.15, 0.2) is 18.3 Å². The number of hydrogen-bond donors (Lipinski definition) is 1. The van der Waals surface area contributed by atoms with Crippen molar-refractivity contribution in [3.63, 3.8) is 0 Å². The van der Waals surface area contributed by atoms with Crippen molar-refractivity contribution < 1.29 is 17.9 Å². The van der Waals surface area contributed by atoms with Crippen molar-refractivity contribution in [3.8, 4) is 5.88 Å². The molecular weight excluding hydrogens is 233 g/mol. The third kappa shape index (κ3) is 4.60. The molecule has 6 heteroatoms.